The lowest BCUT2D eigenvalue weighted by atomic mass is 10.0. The number of rotatable bonds is 6. The SMILES string of the molecule is CC[C@H](NS(=O)(=O)c1c(C)cc(C)cc1C)c1ccc(OC)c(C)c1. The van der Waals surface area contributed by atoms with Gasteiger partial charge in [0.15, 0.2) is 0 Å². The van der Waals surface area contributed by atoms with Gasteiger partial charge in [0.25, 0.3) is 0 Å². The molecule has 0 spiro atoms. The second kappa shape index (κ2) is 7.58. The van der Waals surface area contributed by atoms with Gasteiger partial charge in [-0.25, -0.2) is 13.1 Å². The smallest absolute Gasteiger partial charge is 0.241 e. The number of hydrogen-bond donors (Lipinski definition) is 1. The molecule has 2 aromatic rings. The maximum Gasteiger partial charge on any atom is 0.241 e. The van der Waals surface area contributed by atoms with Gasteiger partial charge in [0.1, 0.15) is 5.75 Å². The normalized spacial score (nSPS) is 12.9. The Hall–Kier alpha value is -1.85. The Kier molecular flexibility index (Phi) is 5.91. The Bertz CT molecular complexity index is 850. The van der Waals surface area contributed by atoms with Crippen molar-refractivity contribution in [2.45, 2.75) is 52.0 Å². The fraction of sp³-hybridized carbons (Fsp3) is 0.400. The lowest BCUT2D eigenvalue weighted by Gasteiger charge is -2.21. The highest BCUT2D eigenvalue weighted by Gasteiger charge is 2.24. The van der Waals surface area contributed by atoms with Crippen molar-refractivity contribution in [1.29, 1.82) is 0 Å². The van der Waals surface area contributed by atoms with Crippen molar-refractivity contribution in [1.82, 2.24) is 4.72 Å². The number of ether oxygens (including phenoxy) is 1. The number of hydrogen-bond acceptors (Lipinski definition) is 3. The van der Waals surface area contributed by atoms with Crippen LogP contribution in [0.25, 0.3) is 0 Å². The molecule has 0 aliphatic rings. The van der Waals surface area contributed by atoms with E-state index in [9.17, 15) is 8.42 Å². The first-order valence-corrected chi connectivity index (χ1v) is 9.92. The van der Waals surface area contributed by atoms with Gasteiger partial charge in [-0.3, -0.25) is 0 Å². The average molecular weight is 362 g/mol. The molecule has 0 aliphatic carbocycles. The topological polar surface area (TPSA) is 55.4 Å². The summed E-state index contributed by atoms with van der Waals surface area (Å²) < 4.78 is 34.2. The Labute approximate surface area is 151 Å². The van der Waals surface area contributed by atoms with Crippen molar-refractivity contribution >= 4 is 10.0 Å². The summed E-state index contributed by atoms with van der Waals surface area (Å²) in [7, 11) is -1.98. The second-order valence-electron chi connectivity index (χ2n) is 6.54. The Morgan fingerprint density at radius 2 is 1.60 bits per heavy atom. The van der Waals surface area contributed by atoms with Crippen LogP contribution in [0.4, 0.5) is 0 Å². The zero-order valence-electron chi connectivity index (χ0n) is 15.8. The van der Waals surface area contributed by atoms with Crippen molar-refractivity contribution in [2.24, 2.45) is 0 Å². The molecule has 4 nitrogen and oxygen atoms in total. The van der Waals surface area contributed by atoms with Crippen molar-refractivity contribution in [3.63, 3.8) is 0 Å². The standard InChI is InChI=1S/C20H27NO3S/c1-7-18(17-8-9-19(24-6)14(3)12-17)21-25(22,23)20-15(4)10-13(2)11-16(20)5/h8-12,18,21H,7H2,1-6H3/t18-/m0/s1. The molecule has 0 aromatic heterocycles. The predicted octanol–water partition coefficient (Wildman–Crippen LogP) is 4.36. The molecule has 0 saturated carbocycles. The summed E-state index contributed by atoms with van der Waals surface area (Å²) in [5, 5.41) is 0. The van der Waals surface area contributed by atoms with Crippen LogP contribution in [0.15, 0.2) is 35.2 Å². The van der Waals surface area contributed by atoms with Crippen LogP contribution in [0.3, 0.4) is 0 Å². The molecule has 0 unspecified atom stereocenters. The molecule has 25 heavy (non-hydrogen) atoms. The minimum atomic E-state index is -3.61. The first kappa shape index (κ1) is 19.5. The first-order valence-electron chi connectivity index (χ1n) is 8.44. The first-order chi connectivity index (χ1) is 11.7. The van der Waals surface area contributed by atoms with E-state index in [1.165, 1.54) is 0 Å². The third-order valence-corrected chi connectivity index (χ3v) is 6.18. The van der Waals surface area contributed by atoms with Crippen molar-refractivity contribution in [2.75, 3.05) is 7.11 Å². The molecule has 5 heteroatoms. The molecule has 2 aromatic carbocycles. The zero-order chi connectivity index (χ0) is 18.8. The quantitative estimate of drug-likeness (QED) is 0.832. The molecule has 0 amide bonds. The van der Waals surface area contributed by atoms with Gasteiger partial charge in [0.2, 0.25) is 10.0 Å². The summed E-state index contributed by atoms with van der Waals surface area (Å²) in [6.45, 7) is 9.58. The van der Waals surface area contributed by atoms with Gasteiger partial charge in [-0.05, 0) is 62.4 Å². The Balaban J connectivity index is 2.40. The van der Waals surface area contributed by atoms with Crippen LogP contribution in [-0.2, 0) is 10.0 Å². The van der Waals surface area contributed by atoms with Crippen LogP contribution in [0.5, 0.6) is 5.75 Å². The van der Waals surface area contributed by atoms with E-state index in [2.05, 4.69) is 4.72 Å². The highest BCUT2D eigenvalue weighted by atomic mass is 32.2. The van der Waals surface area contributed by atoms with Crippen molar-refractivity contribution < 1.29 is 13.2 Å². The monoisotopic (exact) mass is 361 g/mol. The zero-order valence-corrected chi connectivity index (χ0v) is 16.6. The molecule has 1 atom stereocenters. The fourth-order valence-corrected chi connectivity index (χ4v) is 5.10. The van der Waals surface area contributed by atoms with E-state index in [0.717, 1.165) is 33.6 Å². The minimum Gasteiger partial charge on any atom is -0.496 e. The van der Waals surface area contributed by atoms with Crippen LogP contribution in [0.2, 0.25) is 0 Å². The molecule has 0 radical (unpaired) electrons. The number of aryl methyl sites for hydroxylation is 4. The lowest BCUT2D eigenvalue weighted by molar-refractivity contribution is 0.411. The summed E-state index contributed by atoms with van der Waals surface area (Å²) in [4.78, 5) is 0.377. The summed E-state index contributed by atoms with van der Waals surface area (Å²) in [5.41, 5.74) is 4.52. The molecule has 136 valence electrons. The maximum absolute atomic E-state index is 13.0. The molecule has 0 fully saturated rings. The highest BCUT2D eigenvalue weighted by Crippen LogP contribution is 2.28. The minimum absolute atomic E-state index is 0.283. The second-order valence-corrected chi connectivity index (χ2v) is 8.19. The fourth-order valence-electron chi connectivity index (χ4n) is 3.34. The van der Waals surface area contributed by atoms with Gasteiger partial charge in [-0.15, -0.1) is 0 Å². The van der Waals surface area contributed by atoms with E-state index in [1.807, 2.05) is 65.0 Å². The van der Waals surface area contributed by atoms with E-state index in [1.54, 1.807) is 7.11 Å². The maximum atomic E-state index is 13.0. The molecule has 1 N–H and O–H groups in total. The van der Waals surface area contributed by atoms with Gasteiger partial charge >= 0.3 is 0 Å². The number of methoxy groups -OCH3 is 1. The van der Waals surface area contributed by atoms with E-state index < -0.39 is 10.0 Å². The number of benzene rings is 2. The molecule has 0 bridgehead atoms. The van der Waals surface area contributed by atoms with Crippen LogP contribution in [-0.4, -0.2) is 15.5 Å². The van der Waals surface area contributed by atoms with Crippen molar-refractivity contribution in [3.05, 3.63) is 58.1 Å². The van der Waals surface area contributed by atoms with Crippen molar-refractivity contribution in [3.8, 4) is 5.75 Å². The number of sulfonamides is 1. The molecule has 0 heterocycles. The van der Waals surface area contributed by atoms with Crippen LogP contribution >= 0.6 is 0 Å². The summed E-state index contributed by atoms with van der Waals surface area (Å²) in [6, 6.07) is 9.29. The van der Waals surface area contributed by atoms with Gasteiger partial charge in [-0.1, -0.05) is 36.8 Å². The Morgan fingerprint density at radius 3 is 2.08 bits per heavy atom. The largest absolute Gasteiger partial charge is 0.496 e. The predicted molar refractivity (Wildman–Crippen MR) is 102 cm³/mol. The van der Waals surface area contributed by atoms with Gasteiger partial charge in [0, 0.05) is 6.04 Å². The lowest BCUT2D eigenvalue weighted by Crippen LogP contribution is -2.29. The summed E-state index contributed by atoms with van der Waals surface area (Å²) >= 11 is 0. The third-order valence-electron chi connectivity index (χ3n) is 4.40. The van der Waals surface area contributed by atoms with Gasteiger partial charge in [0.05, 0.1) is 12.0 Å². The van der Waals surface area contributed by atoms with Crippen LogP contribution in [0, 0.1) is 27.7 Å². The average Bonchev–Trinajstić information content (AvgIpc) is 2.51. The molecular weight excluding hydrogens is 334 g/mol. The van der Waals surface area contributed by atoms with Gasteiger partial charge in [-0.2, -0.15) is 0 Å². The van der Waals surface area contributed by atoms with Crippen LogP contribution in [0.1, 0.15) is 47.2 Å². The molecular formula is C20H27NO3S. The third kappa shape index (κ3) is 4.22. The van der Waals surface area contributed by atoms with E-state index in [0.29, 0.717) is 11.3 Å². The Morgan fingerprint density at radius 1 is 1.00 bits per heavy atom. The highest BCUT2D eigenvalue weighted by molar-refractivity contribution is 7.89. The van der Waals surface area contributed by atoms with Gasteiger partial charge < -0.3 is 4.74 Å². The van der Waals surface area contributed by atoms with E-state index >= 15 is 0 Å². The van der Waals surface area contributed by atoms with E-state index in [-0.39, 0.29) is 6.04 Å². The number of nitrogens with one attached hydrogen (secondary N) is 1. The van der Waals surface area contributed by atoms with E-state index in [4.69, 9.17) is 4.74 Å². The van der Waals surface area contributed by atoms with Crippen LogP contribution < -0.4 is 9.46 Å². The summed E-state index contributed by atoms with van der Waals surface area (Å²) in [6.07, 6.45) is 0.662. The molecule has 2 rings (SSSR count). The molecule has 0 saturated heterocycles. The molecule has 0 aliphatic heterocycles. The summed E-state index contributed by atoms with van der Waals surface area (Å²) in [5.74, 6) is 0.798.